The van der Waals surface area contributed by atoms with E-state index in [4.69, 9.17) is 10.8 Å². The molecule has 9 heteroatoms. The fourth-order valence-corrected chi connectivity index (χ4v) is 1.57. The Kier molecular flexibility index (Phi) is 5.30. The first-order valence-corrected chi connectivity index (χ1v) is 6.09. The molecule has 1 aliphatic rings. The molecule has 0 spiro atoms. The largest absolute Gasteiger partial charge is 0.480 e. The molecule has 0 heterocycles. The van der Waals surface area contributed by atoms with Gasteiger partial charge in [0.05, 0.1) is 0 Å². The molecule has 1 fully saturated rings. The smallest absolute Gasteiger partial charge is 0.323 e. The Morgan fingerprint density at radius 1 is 1.20 bits per heavy atom. The molecular formula is C11H18N4O5. The summed E-state index contributed by atoms with van der Waals surface area (Å²) < 4.78 is 0. The van der Waals surface area contributed by atoms with Crippen LogP contribution in [0.4, 0.5) is 4.79 Å². The van der Waals surface area contributed by atoms with E-state index in [2.05, 4.69) is 5.32 Å². The number of hydrogen-bond donors (Lipinski definition) is 3. The van der Waals surface area contributed by atoms with Crippen LogP contribution in [0.3, 0.4) is 0 Å². The van der Waals surface area contributed by atoms with E-state index in [1.807, 2.05) is 0 Å². The number of likely N-dealkylation sites (N-methyl/N-ethyl adjacent to an activating group) is 1. The van der Waals surface area contributed by atoms with Crippen molar-refractivity contribution in [3.63, 3.8) is 0 Å². The average molecular weight is 286 g/mol. The molecule has 0 bridgehead atoms. The SMILES string of the molecule is CN(CC(=O)NC1CC1)C(=O)N(CC(N)=O)CC(=O)O. The van der Waals surface area contributed by atoms with Gasteiger partial charge in [-0.1, -0.05) is 0 Å². The summed E-state index contributed by atoms with van der Waals surface area (Å²) in [7, 11) is 1.35. The number of carboxylic acid groups (broad SMARTS) is 1. The third-order valence-corrected chi connectivity index (χ3v) is 2.59. The van der Waals surface area contributed by atoms with E-state index in [9.17, 15) is 19.2 Å². The normalized spacial score (nSPS) is 13.4. The summed E-state index contributed by atoms with van der Waals surface area (Å²) in [5.41, 5.74) is 4.96. The summed E-state index contributed by atoms with van der Waals surface area (Å²) in [6, 6.07) is -0.566. The maximum absolute atomic E-state index is 12.0. The second kappa shape index (κ2) is 6.73. The van der Waals surface area contributed by atoms with Crippen molar-refractivity contribution in [3.05, 3.63) is 0 Å². The van der Waals surface area contributed by atoms with Crippen LogP contribution in [0.2, 0.25) is 0 Å². The number of nitrogens with zero attached hydrogens (tertiary/aromatic N) is 2. The Balaban J connectivity index is 2.54. The fraction of sp³-hybridized carbons (Fsp3) is 0.636. The van der Waals surface area contributed by atoms with Crippen LogP contribution in [0.15, 0.2) is 0 Å². The number of carbonyl (C=O) groups excluding carboxylic acids is 3. The van der Waals surface area contributed by atoms with Crippen molar-refractivity contribution in [2.75, 3.05) is 26.7 Å². The molecular weight excluding hydrogens is 268 g/mol. The van der Waals surface area contributed by atoms with E-state index in [1.54, 1.807) is 0 Å². The van der Waals surface area contributed by atoms with Crippen LogP contribution in [0.1, 0.15) is 12.8 Å². The standard InChI is InChI=1S/C11H18N4O5/c1-14(5-9(17)13-7-2-3-7)11(20)15(4-8(12)16)6-10(18)19/h7H,2-6H2,1H3,(H2,12,16)(H,13,17)(H,18,19). The van der Waals surface area contributed by atoms with Crippen LogP contribution < -0.4 is 11.1 Å². The number of aliphatic carboxylic acids is 1. The zero-order valence-electron chi connectivity index (χ0n) is 11.2. The van der Waals surface area contributed by atoms with Crippen molar-refractivity contribution in [2.45, 2.75) is 18.9 Å². The summed E-state index contributed by atoms with van der Waals surface area (Å²) >= 11 is 0. The fourth-order valence-electron chi connectivity index (χ4n) is 1.57. The minimum absolute atomic E-state index is 0.173. The van der Waals surface area contributed by atoms with Crippen molar-refractivity contribution in [1.29, 1.82) is 0 Å². The predicted molar refractivity (Wildman–Crippen MR) is 67.6 cm³/mol. The van der Waals surface area contributed by atoms with Crippen LogP contribution in [-0.2, 0) is 14.4 Å². The summed E-state index contributed by atoms with van der Waals surface area (Å²) in [4.78, 5) is 46.8. The van der Waals surface area contributed by atoms with Gasteiger partial charge in [-0.25, -0.2) is 4.79 Å². The second-order valence-electron chi connectivity index (χ2n) is 4.70. The maximum Gasteiger partial charge on any atom is 0.323 e. The number of rotatable bonds is 7. The molecule has 4 amide bonds. The van der Waals surface area contributed by atoms with Crippen LogP contribution in [0, 0.1) is 0 Å². The summed E-state index contributed by atoms with van der Waals surface area (Å²) in [6.07, 6.45) is 1.85. The Morgan fingerprint density at radius 2 is 1.80 bits per heavy atom. The van der Waals surface area contributed by atoms with E-state index < -0.39 is 31.0 Å². The van der Waals surface area contributed by atoms with Gasteiger partial charge in [0, 0.05) is 13.1 Å². The van der Waals surface area contributed by atoms with Gasteiger partial charge in [0.1, 0.15) is 19.6 Å². The van der Waals surface area contributed by atoms with E-state index in [0.717, 1.165) is 22.6 Å². The van der Waals surface area contributed by atoms with Crippen molar-refractivity contribution >= 4 is 23.8 Å². The minimum atomic E-state index is -1.27. The lowest BCUT2D eigenvalue weighted by atomic mass is 10.4. The summed E-state index contributed by atoms with van der Waals surface area (Å²) in [5.74, 6) is -2.41. The van der Waals surface area contributed by atoms with Gasteiger partial charge >= 0.3 is 12.0 Å². The molecule has 4 N–H and O–H groups in total. The van der Waals surface area contributed by atoms with Crippen molar-refractivity contribution in [3.8, 4) is 0 Å². The second-order valence-corrected chi connectivity index (χ2v) is 4.70. The van der Waals surface area contributed by atoms with Gasteiger partial charge in [-0.2, -0.15) is 0 Å². The number of nitrogens with one attached hydrogen (secondary N) is 1. The minimum Gasteiger partial charge on any atom is -0.480 e. The zero-order valence-corrected chi connectivity index (χ0v) is 11.2. The zero-order chi connectivity index (χ0) is 15.3. The van der Waals surface area contributed by atoms with Gasteiger partial charge in [-0.15, -0.1) is 0 Å². The molecule has 0 unspecified atom stereocenters. The molecule has 112 valence electrons. The average Bonchev–Trinajstić information content (AvgIpc) is 3.09. The van der Waals surface area contributed by atoms with Gasteiger partial charge in [0.25, 0.3) is 0 Å². The van der Waals surface area contributed by atoms with Crippen molar-refractivity contribution in [1.82, 2.24) is 15.1 Å². The molecule has 1 rings (SSSR count). The highest BCUT2D eigenvalue weighted by Gasteiger charge is 2.26. The Morgan fingerprint density at radius 3 is 2.25 bits per heavy atom. The molecule has 0 aliphatic heterocycles. The Bertz CT molecular complexity index is 405. The first kappa shape index (κ1) is 15.7. The van der Waals surface area contributed by atoms with Crippen molar-refractivity contribution in [2.24, 2.45) is 5.73 Å². The summed E-state index contributed by atoms with van der Waals surface area (Å²) in [5, 5.41) is 11.4. The van der Waals surface area contributed by atoms with Crippen LogP contribution in [0.25, 0.3) is 0 Å². The molecule has 0 atom stereocenters. The lowest BCUT2D eigenvalue weighted by molar-refractivity contribution is -0.138. The quantitative estimate of drug-likeness (QED) is 0.507. The Hall–Kier alpha value is -2.32. The number of amides is 4. The lowest BCUT2D eigenvalue weighted by Gasteiger charge is -2.25. The number of urea groups is 1. The van der Waals surface area contributed by atoms with Gasteiger partial charge in [0.15, 0.2) is 0 Å². The monoisotopic (exact) mass is 286 g/mol. The van der Waals surface area contributed by atoms with Gasteiger partial charge < -0.3 is 26.0 Å². The number of carboxylic acids is 1. The summed E-state index contributed by atoms with van der Waals surface area (Å²) in [6.45, 7) is -1.37. The molecule has 1 aliphatic carbocycles. The number of carbonyl (C=O) groups is 4. The molecule has 0 saturated heterocycles. The van der Waals surface area contributed by atoms with Crippen LogP contribution in [0.5, 0.6) is 0 Å². The van der Waals surface area contributed by atoms with E-state index in [-0.39, 0.29) is 18.5 Å². The van der Waals surface area contributed by atoms with Crippen molar-refractivity contribution < 1.29 is 24.3 Å². The first-order valence-electron chi connectivity index (χ1n) is 6.09. The molecule has 9 nitrogen and oxygen atoms in total. The van der Waals surface area contributed by atoms with Gasteiger partial charge in [0.2, 0.25) is 11.8 Å². The van der Waals surface area contributed by atoms with E-state index >= 15 is 0 Å². The molecule has 1 saturated carbocycles. The number of primary amides is 1. The Labute approximate surface area is 115 Å². The van der Waals surface area contributed by atoms with Gasteiger partial charge in [-0.3, -0.25) is 14.4 Å². The molecule has 0 aromatic rings. The third kappa shape index (κ3) is 5.55. The van der Waals surface area contributed by atoms with Crippen LogP contribution in [-0.4, -0.2) is 71.4 Å². The van der Waals surface area contributed by atoms with Gasteiger partial charge in [-0.05, 0) is 12.8 Å². The molecule has 0 radical (unpaired) electrons. The lowest BCUT2D eigenvalue weighted by Crippen LogP contribution is -2.49. The highest BCUT2D eigenvalue weighted by molar-refractivity contribution is 5.88. The van der Waals surface area contributed by atoms with Crippen LogP contribution >= 0.6 is 0 Å². The number of nitrogens with two attached hydrogens (primary N) is 1. The highest BCUT2D eigenvalue weighted by Crippen LogP contribution is 2.18. The molecule has 0 aromatic carbocycles. The topological polar surface area (TPSA) is 133 Å². The first-order chi connectivity index (χ1) is 9.29. The molecule has 20 heavy (non-hydrogen) atoms. The maximum atomic E-state index is 12.0. The highest BCUT2D eigenvalue weighted by atomic mass is 16.4. The van der Waals surface area contributed by atoms with E-state index in [1.165, 1.54) is 7.05 Å². The molecule has 0 aromatic heterocycles. The number of hydrogen-bond acceptors (Lipinski definition) is 4. The van der Waals surface area contributed by atoms with E-state index in [0.29, 0.717) is 0 Å². The predicted octanol–water partition coefficient (Wildman–Crippen LogP) is -1.81. The third-order valence-electron chi connectivity index (χ3n) is 2.59.